The molecule has 1 atom stereocenters. The first-order chi connectivity index (χ1) is 16.3. The van der Waals surface area contributed by atoms with Crippen molar-refractivity contribution >= 4 is 22.5 Å². The van der Waals surface area contributed by atoms with Gasteiger partial charge in [-0.25, -0.2) is 0 Å². The van der Waals surface area contributed by atoms with Crippen LogP contribution in [0.3, 0.4) is 0 Å². The Morgan fingerprint density at radius 3 is 2.68 bits per heavy atom. The van der Waals surface area contributed by atoms with Gasteiger partial charge in [-0.15, -0.1) is 0 Å². The lowest BCUT2D eigenvalue weighted by Crippen LogP contribution is -2.38. The van der Waals surface area contributed by atoms with Gasteiger partial charge in [0.25, 0.3) is 0 Å². The Kier molecular flexibility index (Phi) is 5.91. The first-order valence-electron chi connectivity index (χ1n) is 12.0. The van der Waals surface area contributed by atoms with Crippen molar-refractivity contribution < 1.29 is 9.84 Å². The number of hydrogen-bond donors (Lipinski definition) is 2. The third-order valence-electron chi connectivity index (χ3n) is 7.06. The topological polar surface area (TPSA) is 58.1 Å². The number of fused-ring (bicyclic) bond motifs is 2. The Labute approximate surface area is 206 Å². The van der Waals surface area contributed by atoms with Crippen molar-refractivity contribution in [2.24, 2.45) is 0 Å². The van der Waals surface area contributed by atoms with Crippen molar-refractivity contribution in [2.75, 3.05) is 6.61 Å². The second-order valence-electron chi connectivity index (χ2n) is 10.2. The second-order valence-corrected chi connectivity index (χ2v) is 10.6. The predicted octanol–water partition coefficient (Wildman–Crippen LogP) is 6.87. The van der Waals surface area contributed by atoms with Crippen LogP contribution in [0.2, 0.25) is 5.02 Å². The third kappa shape index (κ3) is 4.45. The fraction of sp³-hybridized carbons (Fsp3) is 0.345. The summed E-state index contributed by atoms with van der Waals surface area (Å²) in [5, 5.41) is 13.6. The Hall–Kier alpha value is -2.82. The number of aliphatic hydroxyl groups is 1. The van der Waals surface area contributed by atoms with Crippen LogP contribution < -0.4 is 4.74 Å². The van der Waals surface area contributed by atoms with E-state index < -0.39 is 5.60 Å². The van der Waals surface area contributed by atoms with Crippen molar-refractivity contribution in [1.29, 1.82) is 0 Å². The molecule has 0 saturated heterocycles. The van der Waals surface area contributed by atoms with Crippen LogP contribution in [0.4, 0.5) is 0 Å². The van der Waals surface area contributed by atoms with E-state index in [1.165, 1.54) is 0 Å². The monoisotopic (exact) mass is 474 g/mol. The van der Waals surface area contributed by atoms with Gasteiger partial charge in [-0.1, -0.05) is 62.7 Å². The zero-order valence-electron chi connectivity index (χ0n) is 20.0. The van der Waals surface area contributed by atoms with Gasteiger partial charge < -0.3 is 14.8 Å². The summed E-state index contributed by atoms with van der Waals surface area (Å²) >= 11 is 6.44. The second kappa shape index (κ2) is 8.75. The number of aromatic amines is 1. The average Bonchev–Trinajstić information content (AvgIpc) is 3.44. The van der Waals surface area contributed by atoms with E-state index in [4.69, 9.17) is 16.3 Å². The van der Waals surface area contributed by atoms with Crippen LogP contribution in [0, 0.1) is 0 Å². The van der Waals surface area contributed by atoms with Gasteiger partial charge in [0.1, 0.15) is 5.75 Å². The first kappa shape index (κ1) is 22.9. The molecule has 0 bridgehead atoms. The van der Waals surface area contributed by atoms with Gasteiger partial charge in [0, 0.05) is 40.1 Å². The van der Waals surface area contributed by atoms with Crippen molar-refractivity contribution in [3.8, 4) is 17.0 Å². The summed E-state index contributed by atoms with van der Waals surface area (Å²) in [5.74, 6) is 0.943. The molecular formula is C29H31ClN2O2. The highest BCUT2D eigenvalue weighted by Gasteiger charge is 2.37. The van der Waals surface area contributed by atoms with Gasteiger partial charge in [-0.2, -0.15) is 0 Å². The van der Waals surface area contributed by atoms with Crippen molar-refractivity contribution in [3.05, 3.63) is 82.6 Å². The molecular weight excluding hydrogens is 444 g/mol. The summed E-state index contributed by atoms with van der Waals surface area (Å²) in [6.45, 7) is 7.07. The maximum atomic E-state index is 11.7. The average molecular weight is 475 g/mol. The molecule has 0 aliphatic carbocycles. The number of rotatable bonds is 7. The minimum absolute atomic E-state index is 0.307. The molecule has 5 rings (SSSR count). The van der Waals surface area contributed by atoms with E-state index in [0.29, 0.717) is 25.9 Å². The van der Waals surface area contributed by atoms with Crippen molar-refractivity contribution in [3.63, 3.8) is 0 Å². The highest BCUT2D eigenvalue weighted by Crippen LogP contribution is 2.44. The van der Waals surface area contributed by atoms with Crippen LogP contribution in [-0.4, -0.2) is 27.3 Å². The summed E-state index contributed by atoms with van der Waals surface area (Å²) in [6.07, 6.45) is 4.53. The molecule has 0 spiro atoms. The van der Waals surface area contributed by atoms with E-state index in [1.54, 1.807) is 0 Å². The molecule has 3 heterocycles. The zero-order chi connectivity index (χ0) is 23.9. The van der Waals surface area contributed by atoms with Crippen LogP contribution >= 0.6 is 11.6 Å². The molecule has 2 aromatic heterocycles. The van der Waals surface area contributed by atoms with E-state index in [1.807, 2.05) is 43.5 Å². The number of ether oxygens (including phenoxy) is 1. The van der Waals surface area contributed by atoms with Gasteiger partial charge in [0.2, 0.25) is 0 Å². The lowest BCUT2D eigenvalue weighted by Gasteiger charge is -2.37. The molecule has 1 aliphatic heterocycles. The summed E-state index contributed by atoms with van der Waals surface area (Å²) in [6, 6.07) is 18.4. The van der Waals surface area contributed by atoms with Gasteiger partial charge in [-0.3, -0.25) is 4.98 Å². The highest BCUT2D eigenvalue weighted by atomic mass is 35.5. The largest absolute Gasteiger partial charge is 0.493 e. The van der Waals surface area contributed by atoms with E-state index in [2.05, 4.69) is 48.1 Å². The first-order valence-corrected chi connectivity index (χ1v) is 12.4. The molecule has 0 saturated carbocycles. The van der Waals surface area contributed by atoms with Gasteiger partial charge in [0.05, 0.1) is 29.6 Å². The number of nitrogens with one attached hydrogen (secondary N) is 1. The molecule has 0 radical (unpaired) electrons. The summed E-state index contributed by atoms with van der Waals surface area (Å²) < 4.78 is 5.97. The quantitative estimate of drug-likeness (QED) is 0.307. The molecule has 4 aromatic rings. The van der Waals surface area contributed by atoms with Crippen molar-refractivity contribution in [1.82, 2.24) is 9.97 Å². The van der Waals surface area contributed by atoms with Crippen LogP contribution in [-0.2, 0) is 18.3 Å². The Morgan fingerprint density at radius 2 is 1.91 bits per heavy atom. The number of benzene rings is 2. The van der Waals surface area contributed by atoms with E-state index in [9.17, 15) is 5.11 Å². The molecule has 4 nitrogen and oxygen atoms in total. The van der Waals surface area contributed by atoms with Crippen LogP contribution in [0.5, 0.6) is 5.75 Å². The molecule has 0 fully saturated rings. The minimum atomic E-state index is -0.881. The number of pyridine rings is 1. The Morgan fingerprint density at radius 1 is 1.12 bits per heavy atom. The molecule has 34 heavy (non-hydrogen) atoms. The number of halogens is 1. The summed E-state index contributed by atoms with van der Waals surface area (Å²) in [4.78, 5) is 8.10. The number of H-pyrrole nitrogens is 1. The fourth-order valence-electron chi connectivity index (χ4n) is 5.31. The molecule has 5 heteroatoms. The third-order valence-corrected chi connectivity index (χ3v) is 7.27. The lowest BCUT2D eigenvalue weighted by atomic mass is 9.72. The van der Waals surface area contributed by atoms with Crippen LogP contribution in [0.15, 0.2) is 60.8 Å². The smallest absolute Gasteiger partial charge is 0.126 e. The summed E-state index contributed by atoms with van der Waals surface area (Å²) in [5.41, 5.74) is 5.07. The molecule has 1 aliphatic rings. The SMILES string of the molecule is CCC(O)(Cc1cc2cc(-c3ccccc3)ncc2[nH]1)CC(C)(C)c1cc(Cl)cc2c1OCC2. The molecule has 0 amide bonds. The highest BCUT2D eigenvalue weighted by molar-refractivity contribution is 6.30. The van der Waals surface area contributed by atoms with E-state index >= 15 is 0 Å². The fourth-order valence-corrected chi connectivity index (χ4v) is 5.55. The van der Waals surface area contributed by atoms with Gasteiger partial charge >= 0.3 is 0 Å². The van der Waals surface area contributed by atoms with Gasteiger partial charge in [0.15, 0.2) is 0 Å². The van der Waals surface area contributed by atoms with Gasteiger partial charge in [-0.05, 0) is 48.1 Å². The molecule has 2 aromatic carbocycles. The Balaban J connectivity index is 1.41. The number of nitrogens with zero attached hydrogens (tertiary/aromatic N) is 1. The van der Waals surface area contributed by atoms with Crippen LogP contribution in [0.25, 0.3) is 22.2 Å². The van der Waals surface area contributed by atoms with Crippen molar-refractivity contribution in [2.45, 2.75) is 57.5 Å². The number of aromatic nitrogens is 2. The maximum Gasteiger partial charge on any atom is 0.126 e. The predicted molar refractivity (Wildman–Crippen MR) is 139 cm³/mol. The van der Waals surface area contributed by atoms with E-state index in [0.717, 1.165) is 56.2 Å². The molecule has 2 N–H and O–H groups in total. The van der Waals surface area contributed by atoms with Crippen LogP contribution in [0.1, 0.15) is 50.4 Å². The Bertz CT molecular complexity index is 1330. The summed E-state index contributed by atoms with van der Waals surface area (Å²) in [7, 11) is 0. The molecule has 176 valence electrons. The lowest BCUT2D eigenvalue weighted by molar-refractivity contribution is 0.00858. The maximum absolute atomic E-state index is 11.7. The number of hydrogen-bond acceptors (Lipinski definition) is 3. The minimum Gasteiger partial charge on any atom is -0.493 e. The zero-order valence-corrected chi connectivity index (χ0v) is 20.7. The molecule has 1 unspecified atom stereocenters. The standard InChI is InChI=1S/C29H31ClN2O2/c1-4-29(33,18-28(2,3)24-15-22(30)12-20-10-11-34-27(20)24)16-23-13-21-14-25(31-17-26(21)32-23)19-8-6-5-7-9-19/h5-9,12-15,17,32-33H,4,10-11,16,18H2,1-3H3. The normalized spacial score (nSPS) is 15.2. The van der Waals surface area contributed by atoms with E-state index in [-0.39, 0.29) is 5.41 Å².